The molecule has 1 aromatic carbocycles. The molecular formula is C20H21N6O2S+. The molecule has 1 atom stereocenters. The molecule has 4 heterocycles. The summed E-state index contributed by atoms with van der Waals surface area (Å²) in [5.74, 6) is 1.39. The van der Waals surface area contributed by atoms with Gasteiger partial charge in [-0.05, 0) is 35.4 Å². The second kappa shape index (κ2) is 7.41. The Morgan fingerprint density at radius 2 is 2.17 bits per heavy atom. The fourth-order valence-corrected chi connectivity index (χ4v) is 4.89. The predicted octanol–water partition coefficient (Wildman–Crippen LogP) is 1.47. The third-order valence-corrected chi connectivity index (χ3v) is 6.25. The third-order valence-electron chi connectivity index (χ3n) is 5.11. The smallest absolute Gasteiger partial charge is 0.192 e. The molecule has 0 radical (unpaired) electrons. The fraction of sp³-hybridized carbons (Fsp3) is 0.300. The van der Waals surface area contributed by atoms with Gasteiger partial charge in [0.1, 0.15) is 23.5 Å². The standard InChI is InChI=1S/C20H20N6O2S/c1-25-8-7-15-16(10-25)29-20-18(15)19-23-17(24-26(19)12-21-20)11-28-22-9-13-3-5-14(27-2)6-4-13/h3-6,9,12H,7-8,10-11H2,1-2H3/p+1/b22-9+. The molecule has 148 valence electrons. The highest BCUT2D eigenvalue weighted by molar-refractivity contribution is 7.19. The topological polar surface area (TPSA) is 78.3 Å². The number of fused-ring (bicyclic) bond motifs is 5. The molecule has 8 nitrogen and oxygen atoms in total. The zero-order valence-electron chi connectivity index (χ0n) is 16.3. The number of quaternary nitrogens is 1. The number of nitrogens with zero attached hydrogens (tertiary/aromatic N) is 5. The monoisotopic (exact) mass is 409 g/mol. The Labute approximate surface area is 171 Å². The van der Waals surface area contributed by atoms with Gasteiger partial charge in [0.25, 0.3) is 0 Å². The number of hydrogen-bond acceptors (Lipinski definition) is 7. The summed E-state index contributed by atoms with van der Waals surface area (Å²) in [6.45, 7) is 2.38. The molecule has 0 amide bonds. The van der Waals surface area contributed by atoms with Crippen molar-refractivity contribution in [3.05, 3.63) is 52.4 Å². The van der Waals surface area contributed by atoms with E-state index in [-0.39, 0.29) is 6.61 Å². The summed E-state index contributed by atoms with van der Waals surface area (Å²) in [6, 6.07) is 7.58. The van der Waals surface area contributed by atoms with E-state index in [1.165, 1.54) is 15.3 Å². The van der Waals surface area contributed by atoms with E-state index in [0.717, 1.165) is 46.7 Å². The minimum atomic E-state index is 0.203. The van der Waals surface area contributed by atoms with E-state index in [4.69, 9.17) is 14.6 Å². The Morgan fingerprint density at radius 1 is 1.31 bits per heavy atom. The molecule has 0 spiro atoms. The van der Waals surface area contributed by atoms with Gasteiger partial charge in [-0.2, -0.15) is 0 Å². The van der Waals surface area contributed by atoms with Gasteiger partial charge in [-0.1, -0.05) is 5.16 Å². The van der Waals surface area contributed by atoms with Crippen LogP contribution in [0.4, 0.5) is 0 Å². The Morgan fingerprint density at radius 3 is 3.00 bits per heavy atom. The maximum Gasteiger partial charge on any atom is 0.192 e. The predicted molar refractivity (Wildman–Crippen MR) is 111 cm³/mol. The molecule has 5 rings (SSSR count). The van der Waals surface area contributed by atoms with E-state index < -0.39 is 0 Å². The number of ether oxygens (including phenoxy) is 1. The van der Waals surface area contributed by atoms with Crippen molar-refractivity contribution in [3.8, 4) is 5.75 Å². The Bertz CT molecular complexity index is 1200. The van der Waals surface area contributed by atoms with Gasteiger partial charge in [0.2, 0.25) is 0 Å². The van der Waals surface area contributed by atoms with E-state index in [2.05, 4.69) is 22.3 Å². The summed E-state index contributed by atoms with van der Waals surface area (Å²) in [5.41, 5.74) is 3.16. The average Bonchev–Trinajstić information content (AvgIpc) is 3.31. The van der Waals surface area contributed by atoms with Crippen LogP contribution in [-0.4, -0.2) is 46.5 Å². The number of likely N-dealkylation sites (N-methyl/N-ethyl adjacent to an activating group) is 1. The first kappa shape index (κ1) is 18.0. The molecule has 1 unspecified atom stereocenters. The van der Waals surface area contributed by atoms with Crippen LogP contribution in [0.25, 0.3) is 15.9 Å². The van der Waals surface area contributed by atoms with Crippen LogP contribution < -0.4 is 9.64 Å². The van der Waals surface area contributed by atoms with Gasteiger partial charge >= 0.3 is 0 Å². The van der Waals surface area contributed by atoms with E-state index in [0.29, 0.717) is 5.82 Å². The summed E-state index contributed by atoms with van der Waals surface area (Å²) in [7, 11) is 3.87. The minimum Gasteiger partial charge on any atom is -0.497 e. The van der Waals surface area contributed by atoms with Crippen molar-refractivity contribution in [1.29, 1.82) is 0 Å². The lowest BCUT2D eigenvalue weighted by molar-refractivity contribution is -0.895. The summed E-state index contributed by atoms with van der Waals surface area (Å²) < 4.78 is 6.89. The van der Waals surface area contributed by atoms with Crippen molar-refractivity contribution < 1.29 is 14.5 Å². The van der Waals surface area contributed by atoms with Crippen molar-refractivity contribution in [3.63, 3.8) is 0 Å². The van der Waals surface area contributed by atoms with Crippen LogP contribution in [0.15, 0.2) is 35.7 Å². The van der Waals surface area contributed by atoms with Crippen molar-refractivity contribution in [1.82, 2.24) is 19.6 Å². The van der Waals surface area contributed by atoms with Gasteiger partial charge in [-0.25, -0.2) is 14.5 Å². The maximum absolute atomic E-state index is 5.41. The zero-order valence-corrected chi connectivity index (χ0v) is 17.1. The number of methoxy groups -OCH3 is 1. The van der Waals surface area contributed by atoms with Crippen molar-refractivity contribution in [2.45, 2.75) is 19.6 Å². The molecule has 3 aromatic heterocycles. The normalized spacial score (nSPS) is 16.6. The lowest BCUT2D eigenvalue weighted by Gasteiger charge is -2.19. The van der Waals surface area contributed by atoms with Gasteiger partial charge in [0.15, 0.2) is 18.1 Å². The largest absolute Gasteiger partial charge is 0.497 e. The average molecular weight is 409 g/mol. The van der Waals surface area contributed by atoms with Gasteiger partial charge < -0.3 is 14.5 Å². The molecule has 0 saturated carbocycles. The van der Waals surface area contributed by atoms with E-state index in [1.807, 2.05) is 24.3 Å². The highest BCUT2D eigenvalue weighted by atomic mass is 32.1. The summed E-state index contributed by atoms with van der Waals surface area (Å²) in [6.07, 6.45) is 4.43. The molecular weight excluding hydrogens is 388 g/mol. The number of benzene rings is 1. The van der Waals surface area contributed by atoms with Crippen LogP contribution in [0.2, 0.25) is 0 Å². The number of hydrogen-bond donors (Lipinski definition) is 1. The van der Waals surface area contributed by atoms with E-state index in [9.17, 15) is 0 Å². The Balaban J connectivity index is 1.35. The molecule has 1 aliphatic rings. The lowest BCUT2D eigenvalue weighted by atomic mass is 10.1. The lowest BCUT2D eigenvalue weighted by Crippen LogP contribution is -3.08. The number of thiophene rings is 1. The second-order valence-corrected chi connectivity index (χ2v) is 8.22. The first-order chi connectivity index (χ1) is 14.2. The maximum atomic E-state index is 5.41. The quantitative estimate of drug-likeness (QED) is 0.399. The van der Waals surface area contributed by atoms with Crippen LogP contribution in [0, 0.1) is 0 Å². The summed E-state index contributed by atoms with van der Waals surface area (Å²) in [5, 5.41) is 9.66. The molecule has 9 heteroatoms. The molecule has 0 saturated heterocycles. The number of oxime groups is 1. The van der Waals surface area contributed by atoms with Crippen molar-refractivity contribution in [2.24, 2.45) is 5.16 Å². The Hall–Kier alpha value is -3.04. The van der Waals surface area contributed by atoms with E-state index in [1.54, 1.807) is 35.5 Å². The molecule has 0 fully saturated rings. The van der Waals surface area contributed by atoms with Crippen molar-refractivity contribution in [2.75, 3.05) is 20.7 Å². The van der Waals surface area contributed by atoms with Gasteiger partial charge in [0.05, 0.1) is 37.2 Å². The fourth-order valence-electron chi connectivity index (χ4n) is 3.60. The van der Waals surface area contributed by atoms with Crippen LogP contribution in [-0.2, 0) is 24.4 Å². The highest BCUT2D eigenvalue weighted by Gasteiger charge is 2.24. The van der Waals surface area contributed by atoms with E-state index >= 15 is 0 Å². The minimum absolute atomic E-state index is 0.203. The highest BCUT2D eigenvalue weighted by Crippen LogP contribution is 2.33. The van der Waals surface area contributed by atoms with Crippen LogP contribution in [0.5, 0.6) is 5.75 Å². The zero-order chi connectivity index (χ0) is 19.8. The first-order valence-electron chi connectivity index (χ1n) is 9.46. The number of nitrogens with one attached hydrogen (secondary N) is 1. The molecule has 4 aromatic rings. The van der Waals surface area contributed by atoms with Crippen LogP contribution >= 0.6 is 11.3 Å². The SMILES string of the molecule is COc1ccc(/C=N/OCc2nc3c4c5c(sc4ncn3n2)C[NH+](C)CC5)cc1. The molecule has 0 aliphatic carbocycles. The third kappa shape index (κ3) is 3.43. The van der Waals surface area contributed by atoms with Crippen LogP contribution in [0.1, 0.15) is 21.8 Å². The van der Waals surface area contributed by atoms with Gasteiger partial charge in [-0.3, -0.25) is 0 Å². The van der Waals surface area contributed by atoms with Gasteiger partial charge in [-0.15, -0.1) is 16.4 Å². The van der Waals surface area contributed by atoms with Gasteiger partial charge in [0, 0.05) is 6.42 Å². The second-order valence-electron chi connectivity index (χ2n) is 7.14. The molecule has 0 bridgehead atoms. The molecule has 29 heavy (non-hydrogen) atoms. The molecule has 1 aliphatic heterocycles. The number of rotatable bonds is 5. The number of aromatic nitrogens is 4. The van der Waals surface area contributed by atoms with Crippen molar-refractivity contribution >= 4 is 33.4 Å². The first-order valence-corrected chi connectivity index (χ1v) is 10.3. The molecule has 1 N–H and O–H groups in total. The van der Waals surface area contributed by atoms with Crippen LogP contribution in [0.3, 0.4) is 0 Å². The Kier molecular flexibility index (Phi) is 4.61. The summed E-state index contributed by atoms with van der Waals surface area (Å²) in [4.78, 5) is 18.7. The summed E-state index contributed by atoms with van der Waals surface area (Å²) >= 11 is 1.77.